The van der Waals surface area contributed by atoms with Gasteiger partial charge in [-0.15, -0.1) is 22.7 Å². The van der Waals surface area contributed by atoms with E-state index in [1.807, 2.05) is 41.8 Å². The van der Waals surface area contributed by atoms with Crippen LogP contribution in [0, 0.1) is 0 Å². The summed E-state index contributed by atoms with van der Waals surface area (Å²) in [5.74, 6) is 0.752. The molecule has 2 heterocycles. The number of hydrogen-bond acceptors (Lipinski definition) is 6. The maximum Gasteiger partial charge on any atom is 0.263 e. The van der Waals surface area contributed by atoms with Gasteiger partial charge in [0.2, 0.25) is 0 Å². The van der Waals surface area contributed by atoms with E-state index in [0.29, 0.717) is 24.6 Å². The van der Waals surface area contributed by atoms with Crippen molar-refractivity contribution in [3.8, 4) is 15.6 Å². The first-order valence-corrected chi connectivity index (χ1v) is 9.94. The van der Waals surface area contributed by atoms with Crippen molar-refractivity contribution in [3.63, 3.8) is 0 Å². The Labute approximate surface area is 160 Å². The highest BCUT2D eigenvalue weighted by Gasteiger charge is 2.11. The summed E-state index contributed by atoms with van der Waals surface area (Å²) in [5, 5.41) is 5.79. The fourth-order valence-electron chi connectivity index (χ4n) is 2.27. The van der Waals surface area contributed by atoms with Gasteiger partial charge in [0.1, 0.15) is 15.6 Å². The summed E-state index contributed by atoms with van der Waals surface area (Å²) in [4.78, 5) is 18.2. The van der Waals surface area contributed by atoms with Crippen LogP contribution in [0.3, 0.4) is 0 Å². The van der Waals surface area contributed by atoms with Gasteiger partial charge in [-0.3, -0.25) is 4.79 Å². The molecule has 0 aliphatic heterocycles. The zero-order valence-electron chi connectivity index (χ0n) is 14.4. The Kier molecular flexibility index (Phi) is 6.76. The molecule has 2 aromatic heterocycles. The van der Waals surface area contributed by atoms with Crippen molar-refractivity contribution in [2.75, 3.05) is 20.3 Å². The monoisotopic (exact) mass is 388 g/mol. The number of carbonyl (C=O) groups is 1. The average Bonchev–Trinajstić information content (AvgIpc) is 3.36. The van der Waals surface area contributed by atoms with Crippen molar-refractivity contribution in [1.82, 2.24) is 10.3 Å². The second-order valence-corrected chi connectivity index (χ2v) is 7.50. The topological polar surface area (TPSA) is 60.5 Å². The van der Waals surface area contributed by atoms with Crippen molar-refractivity contribution in [3.05, 3.63) is 58.4 Å². The molecule has 0 spiro atoms. The lowest BCUT2D eigenvalue weighted by atomic mass is 10.2. The number of ether oxygens (including phenoxy) is 2. The number of benzene rings is 1. The predicted molar refractivity (Wildman–Crippen MR) is 105 cm³/mol. The lowest BCUT2D eigenvalue weighted by Crippen LogP contribution is -2.24. The Morgan fingerprint density at radius 2 is 2.08 bits per heavy atom. The number of methoxy groups -OCH3 is 1. The number of hydrogen-bond donors (Lipinski definition) is 1. The van der Waals surface area contributed by atoms with E-state index in [4.69, 9.17) is 9.47 Å². The van der Waals surface area contributed by atoms with Crippen LogP contribution in [0.2, 0.25) is 0 Å². The summed E-state index contributed by atoms with van der Waals surface area (Å²) < 4.78 is 10.8. The molecule has 7 heteroatoms. The lowest BCUT2D eigenvalue weighted by molar-refractivity contribution is 0.0938. The summed E-state index contributed by atoms with van der Waals surface area (Å²) >= 11 is 3.03. The first-order chi connectivity index (χ1) is 12.8. The van der Waals surface area contributed by atoms with Crippen LogP contribution < -0.4 is 10.1 Å². The van der Waals surface area contributed by atoms with Gasteiger partial charge in [0.15, 0.2) is 0 Å². The van der Waals surface area contributed by atoms with Crippen molar-refractivity contribution in [2.45, 2.75) is 13.0 Å². The molecule has 26 heavy (non-hydrogen) atoms. The van der Waals surface area contributed by atoms with Crippen LogP contribution in [-0.4, -0.2) is 31.2 Å². The summed E-state index contributed by atoms with van der Waals surface area (Å²) in [6.07, 6.45) is 2.40. The van der Waals surface area contributed by atoms with Gasteiger partial charge in [0.25, 0.3) is 5.91 Å². The zero-order valence-corrected chi connectivity index (χ0v) is 16.1. The van der Waals surface area contributed by atoms with Crippen LogP contribution in [0.25, 0.3) is 9.88 Å². The quantitative estimate of drug-likeness (QED) is 0.558. The number of thiazole rings is 1. The summed E-state index contributed by atoms with van der Waals surface area (Å²) in [5.41, 5.74) is 1.10. The maximum absolute atomic E-state index is 12.2. The second kappa shape index (κ2) is 9.47. The van der Waals surface area contributed by atoms with Gasteiger partial charge in [-0.2, -0.15) is 0 Å². The molecule has 0 fully saturated rings. The molecule has 5 nitrogen and oxygen atoms in total. The molecule has 0 aliphatic carbocycles. The zero-order chi connectivity index (χ0) is 18.2. The molecule has 0 unspecified atom stereocenters. The van der Waals surface area contributed by atoms with Crippen molar-refractivity contribution < 1.29 is 14.3 Å². The lowest BCUT2D eigenvalue weighted by Gasteiger charge is -2.06. The highest BCUT2D eigenvalue weighted by Crippen LogP contribution is 2.28. The molecular weight excluding hydrogens is 368 g/mol. The Hall–Kier alpha value is -2.22. The van der Waals surface area contributed by atoms with Crippen molar-refractivity contribution >= 4 is 28.6 Å². The fourth-order valence-corrected chi connectivity index (χ4v) is 3.90. The minimum atomic E-state index is -0.0829. The third-order valence-corrected chi connectivity index (χ3v) is 5.68. The van der Waals surface area contributed by atoms with E-state index in [-0.39, 0.29) is 5.91 Å². The Balaban J connectivity index is 1.34. The molecule has 3 aromatic rings. The number of carbonyl (C=O) groups excluding carboxylic acids is 1. The molecule has 1 amide bonds. The number of amides is 1. The molecule has 136 valence electrons. The van der Waals surface area contributed by atoms with E-state index in [2.05, 4.69) is 10.3 Å². The molecule has 0 saturated carbocycles. The smallest absolute Gasteiger partial charge is 0.263 e. The molecule has 0 atom stereocenters. The average molecular weight is 389 g/mol. The van der Waals surface area contributed by atoms with Gasteiger partial charge in [-0.1, -0.05) is 18.2 Å². The van der Waals surface area contributed by atoms with Gasteiger partial charge < -0.3 is 14.8 Å². The molecule has 3 rings (SSSR count). The van der Waals surface area contributed by atoms with Gasteiger partial charge in [0.05, 0.1) is 24.8 Å². The van der Waals surface area contributed by atoms with E-state index >= 15 is 0 Å². The maximum atomic E-state index is 12.2. The van der Waals surface area contributed by atoms with Crippen LogP contribution in [0.15, 0.2) is 48.0 Å². The van der Waals surface area contributed by atoms with Crippen molar-refractivity contribution in [2.24, 2.45) is 0 Å². The van der Waals surface area contributed by atoms with Gasteiger partial charge in [0, 0.05) is 13.2 Å². The first kappa shape index (κ1) is 18.6. The minimum absolute atomic E-state index is 0.0829. The fraction of sp³-hybridized carbons (Fsp3) is 0.263. The summed E-state index contributed by atoms with van der Waals surface area (Å²) in [6.45, 7) is 1.72. The van der Waals surface area contributed by atoms with Crippen LogP contribution >= 0.6 is 22.7 Å². The molecule has 0 aliphatic rings. The van der Waals surface area contributed by atoms with Crippen LogP contribution in [-0.2, 0) is 11.3 Å². The minimum Gasteiger partial charge on any atom is -0.497 e. The van der Waals surface area contributed by atoms with E-state index in [9.17, 15) is 4.79 Å². The van der Waals surface area contributed by atoms with Crippen LogP contribution in [0.5, 0.6) is 5.75 Å². The molecule has 1 N–H and O–H groups in total. The number of aromatic nitrogens is 1. The molecular formula is C19H20N2O3S2. The largest absolute Gasteiger partial charge is 0.497 e. The van der Waals surface area contributed by atoms with Gasteiger partial charge in [-0.05, 0) is 35.6 Å². The van der Waals surface area contributed by atoms with E-state index in [0.717, 1.165) is 27.6 Å². The number of nitrogens with one attached hydrogen (secondary N) is 1. The molecule has 1 aromatic carbocycles. The van der Waals surface area contributed by atoms with Crippen LogP contribution in [0.4, 0.5) is 0 Å². The number of rotatable bonds is 9. The number of nitrogens with zero attached hydrogens (tertiary/aromatic N) is 1. The Morgan fingerprint density at radius 1 is 1.23 bits per heavy atom. The van der Waals surface area contributed by atoms with E-state index < -0.39 is 0 Å². The van der Waals surface area contributed by atoms with E-state index in [1.165, 1.54) is 11.3 Å². The van der Waals surface area contributed by atoms with Gasteiger partial charge >= 0.3 is 0 Å². The molecule has 0 radical (unpaired) electrons. The third-order valence-electron chi connectivity index (χ3n) is 3.64. The first-order valence-electron chi connectivity index (χ1n) is 8.25. The second-order valence-electron chi connectivity index (χ2n) is 5.52. The third kappa shape index (κ3) is 5.14. The van der Waals surface area contributed by atoms with E-state index in [1.54, 1.807) is 24.6 Å². The Morgan fingerprint density at radius 3 is 2.81 bits per heavy atom. The molecule has 0 saturated heterocycles. The number of thiophene rings is 1. The summed E-state index contributed by atoms with van der Waals surface area (Å²) in [7, 11) is 1.65. The SMILES string of the molecule is COc1ccc(COCCCNC(=O)c2cnc(-c3cccs3)s2)cc1. The van der Waals surface area contributed by atoms with Crippen molar-refractivity contribution in [1.29, 1.82) is 0 Å². The normalized spacial score (nSPS) is 10.7. The van der Waals surface area contributed by atoms with Gasteiger partial charge in [-0.25, -0.2) is 4.98 Å². The highest BCUT2D eigenvalue weighted by molar-refractivity contribution is 7.21. The van der Waals surface area contributed by atoms with Crippen LogP contribution in [0.1, 0.15) is 21.7 Å². The summed E-state index contributed by atoms with van der Waals surface area (Å²) in [6, 6.07) is 11.8. The highest BCUT2D eigenvalue weighted by atomic mass is 32.1. The standard InChI is InChI=1S/C19H20N2O3S2/c1-23-15-7-5-14(6-8-15)13-24-10-3-9-20-18(22)17-12-21-19(26-17)16-4-2-11-25-16/h2,4-8,11-12H,3,9-10,13H2,1H3,(H,20,22). The predicted octanol–water partition coefficient (Wildman–Crippen LogP) is 4.22. The Bertz CT molecular complexity index is 814. The molecule has 0 bridgehead atoms.